The molecule has 0 saturated carbocycles. The van der Waals surface area contributed by atoms with Crippen LogP contribution in [0.1, 0.15) is 32.3 Å². The van der Waals surface area contributed by atoms with Crippen molar-refractivity contribution in [1.29, 1.82) is 0 Å². The maximum Gasteiger partial charge on any atom is 0.222 e. The van der Waals surface area contributed by atoms with Gasteiger partial charge < -0.3 is 15.3 Å². The van der Waals surface area contributed by atoms with E-state index in [0.29, 0.717) is 24.5 Å². The van der Waals surface area contributed by atoms with Crippen molar-refractivity contribution in [2.45, 2.75) is 38.3 Å². The number of halogens is 1. The Morgan fingerprint density at radius 1 is 1.48 bits per heavy atom. The summed E-state index contributed by atoms with van der Waals surface area (Å²) in [4.78, 5) is 13.3. The number of nitrogens with zero attached hydrogens (tertiary/aromatic N) is 1. The van der Waals surface area contributed by atoms with Crippen molar-refractivity contribution < 1.29 is 9.90 Å². The zero-order valence-corrected chi connectivity index (χ0v) is 13.4. The van der Waals surface area contributed by atoms with Crippen LogP contribution < -0.4 is 5.32 Å². The van der Waals surface area contributed by atoms with Crippen LogP contribution in [-0.2, 0) is 10.3 Å². The molecule has 2 N–H and O–H groups in total. The van der Waals surface area contributed by atoms with Gasteiger partial charge in [0.15, 0.2) is 0 Å². The lowest BCUT2D eigenvalue weighted by atomic mass is 9.94. The van der Waals surface area contributed by atoms with Crippen LogP contribution in [0.4, 0.5) is 0 Å². The quantitative estimate of drug-likeness (QED) is 0.846. The number of carbonyl (C=O) groups is 1. The minimum Gasteiger partial charge on any atom is -0.390 e. The number of nitrogens with one attached hydrogen (secondary N) is 1. The van der Waals surface area contributed by atoms with E-state index in [9.17, 15) is 9.90 Å². The van der Waals surface area contributed by atoms with Crippen LogP contribution >= 0.6 is 11.6 Å². The largest absolute Gasteiger partial charge is 0.390 e. The lowest BCUT2D eigenvalue weighted by Gasteiger charge is -2.29. The van der Waals surface area contributed by atoms with Gasteiger partial charge in [-0.1, -0.05) is 23.7 Å². The van der Waals surface area contributed by atoms with Gasteiger partial charge in [0.1, 0.15) is 0 Å². The molecule has 116 valence electrons. The third kappa shape index (κ3) is 4.43. The minimum atomic E-state index is -0.564. The molecule has 1 aliphatic heterocycles. The highest BCUT2D eigenvalue weighted by atomic mass is 35.5. The van der Waals surface area contributed by atoms with Crippen LogP contribution in [0.15, 0.2) is 24.3 Å². The molecule has 5 heteroatoms. The topological polar surface area (TPSA) is 52.6 Å². The van der Waals surface area contributed by atoms with Crippen molar-refractivity contribution in [1.82, 2.24) is 10.2 Å². The van der Waals surface area contributed by atoms with Crippen LogP contribution in [0.25, 0.3) is 0 Å². The zero-order chi connectivity index (χ0) is 15.5. The molecule has 1 aromatic rings. The van der Waals surface area contributed by atoms with Crippen molar-refractivity contribution in [3.05, 3.63) is 34.9 Å². The summed E-state index contributed by atoms with van der Waals surface area (Å²) in [6.45, 7) is 5.69. The summed E-state index contributed by atoms with van der Waals surface area (Å²) in [6.07, 6.45) is 0.937. The molecule has 0 radical (unpaired) electrons. The molecule has 1 atom stereocenters. The molecule has 0 aromatic heterocycles. The minimum absolute atomic E-state index is 0.142. The lowest BCUT2D eigenvalue weighted by Crippen LogP contribution is -2.45. The standard InChI is InChI=1S/C16H23ClN2O2/c1-16(2,12-5-3-6-13(17)9-12)18-10-14(20)11-19-8-4-7-15(19)21/h3,5-6,9,14,18,20H,4,7-8,10-11H2,1-2H3/t14-/m1/s1. The fraction of sp³-hybridized carbons (Fsp3) is 0.562. The number of amides is 1. The van der Waals surface area contributed by atoms with E-state index in [1.54, 1.807) is 4.90 Å². The third-order valence-corrected chi connectivity index (χ3v) is 4.16. The second-order valence-corrected chi connectivity index (χ2v) is 6.55. The highest BCUT2D eigenvalue weighted by Crippen LogP contribution is 2.23. The fourth-order valence-electron chi connectivity index (χ4n) is 2.57. The van der Waals surface area contributed by atoms with Crippen LogP contribution in [0, 0.1) is 0 Å². The summed E-state index contributed by atoms with van der Waals surface area (Å²) in [5, 5.41) is 14.2. The Bertz CT molecular complexity index is 505. The number of rotatable bonds is 6. The SMILES string of the molecule is CC(C)(NC[C@@H](O)CN1CCCC1=O)c1cccc(Cl)c1. The molecule has 0 unspecified atom stereocenters. The Morgan fingerprint density at radius 3 is 2.86 bits per heavy atom. The van der Waals surface area contributed by atoms with Crippen LogP contribution in [0.5, 0.6) is 0 Å². The fourth-order valence-corrected chi connectivity index (χ4v) is 2.76. The molecule has 1 aliphatic rings. The van der Waals surface area contributed by atoms with Gasteiger partial charge in [0.2, 0.25) is 5.91 Å². The van der Waals surface area contributed by atoms with Gasteiger partial charge >= 0.3 is 0 Å². The van der Waals surface area contributed by atoms with Crippen molar-refractivity contribution >= 4 is 17.5 Å². The van der Waals surface area contributed by atoms with Gasteiger partial charge in [-0.2, -0.15) is 0 Å². The van der Waals surface area contributed by atoms with Gasteiger partial charge in [-0.05, 0) is 38.0 Å². The summed E-state index contributed by atoms with van der Waals surface area (Å²) < 4.78 is 0. The van der Waals surface area contributed by atoms with E-state index in [2.05, 4.69) is 5.32 Å². The lowest BCUT2D eigenvalue weighted by molar-refractivity contribution is -0.128. The average molecular weight is 311 g/mol. The van der Waals surface area contributed by atoms with Crippen LogP contribution in [0.2, 0.25) is 5.02 Å². The highest BCUT2D eigenvalue weighted by Gasteiger charge is 2.25. The van der Waals surface area contributed by atoms with Crippen molar-refractivity contribution in [2.24, 2.45) is 0 Å². The van der Waals surface area contributed by atoms with Gasteiger partial charge in [0, 0.05) is 36.6 Å². The Labute approximate surface area is 131 Å². The molecule has 0 spiro atoms. The van der Waals surface area contributed by atoms with E-state index in [1.807, 2.05) is 38.1 Å². The van der Waals surface area contributed by atoms with Crippen LogP contribution in [0.3, 0.4) is 0 Å². The maximum atomic E-state index is 11.5. The smallest absolute Gasteiger partial charge is 0.222 e. The van der Waals surface area contributed by atoms with Gasteiger partial charge in [-0.25, -0.2) is 0 Å². The maximum absolute atomic E-state index is 11.5. The molecule has 2 rings (SSSR count). The molecule has 21 heavy (non-hydrogen) atoms. The molecule has 1 aromatic carbocycles. The normalized spacial score (nSPS) is 17.3. The number of benzene rings is 1. The number of carbonyl (C=O) groups excluding carboxylic acids is 1. The van der Waals surface area contributed by atoms with E-state index in [4.69, 9.17) is 11.6 Å². The molecule has 1 fully saturated rings. The van der Waals surface area contributed by atoms with E-state index < -0.39 is 6.10 Å². The molecule has 1 saturated heterocycles. The zero-order valence-electron chi connectivity index (χ0n) is 12.6. The number of hydrogen-bond donors (Lipinski definition) is 2. The predicted octanol–water partition coefficient (Wildman–Crippen LogP) is 2.15. The van der Waals surface area contributed by atoms with Crippen LogP contribution in [-0.4, -0.2) is 41.7 Å². The first-order chi connectivity index (χ1) is 9.88. The molecule has 0 bridgehead atoms. The second kappa shape index (κ2) is 6.77. The Hall–Kier alpha value is -1.10. The molecule has 1 heterocycles. The Morgan fingerprint density at radius 2 is 2.24 bits per heavy atom. The highest BCUT2D eigenvalue weighted by molar-refractivity contribution is 6.30. The van der Waals surface area contributed by atoms with Gasteiger partial charge in [-0.15, -0.1) is 0 Å². The Kier molecular flexibility index (Phi) is 5.25. The Balaban J connectivity index is 1.87. The van der Waals surface area contributed by atoms with Gasteiger partial charge in [0.05, 0.1) is 6.10 Å². The van der Waals surface area contributed by atoms with E-state index in [0.717, 1.165) is 18.5 Å². The van der Waals surface area contributed by atoms with Crippen molar-refractivity contribution in [2.75, 3.05) is 19.6 Å². The summed E-state index contributed by atoms with van der Waals surface area (Å²) >= 11 is 6.02. The molecule has 4 nitrogen and oxygen atoms in total. The monoisotopic (exact) mass is 310 g/mol. The van der Waals surface area contributed by atoms with E-state index in [-0.39, 0.29) is 11.4 Å². The molecular weight excluding hydrogens is 288 g/mol. The average Bonchev–Trinajstić information content (AvgIpc) is 2.82. The predicted molar refractivity (Wildman–Crippen MR) is 84.3 cm³/mol. The first-order valence-electron chi connectivity index (χ1n) is 7.35. The van der Waals surface area contributed by atoms with Gasteiger partial charge in [-0.3, -0.25) is 4.79 Å². The van der Waals surface area contributed by atoms with E-state index >= 15 is 0 Å². The third-order valence-electron chi connectivity index (χ3n) is 3.93. The first-order valence-corrected chi connectivity index (χ1v) is 7.73. The summed E-state index contributed by atoms with van der Waals surface area (Å²) in [7, 11) is 0. The van der Waals surface area contributed by atoms with Crippen molar-refractivity contribution in [3.8, 4) is 0 Å². The second-order valence-electron chi connectivity index (χ2n) is 6.11. The number of aliphatic hydroxyl groups is 1. The molecule has 1 amide bonds. The summed E-state index contributed by atoms with van der Waals surface area (Å²) in [6, 6.07) is 7.69. The van der Waals surface area contributed by atoms with E-state index in [1.165, 1.54) is 0 Å². The van der Waals surface area contributed by atoms with Gasteiger partial charge in [0.25, 0.3) is 0 Å². The molecule has 0 aliphatic carbocycles. The first kappa shape index (κ1) is 16.3. The summed E-state index contributed by atoms with van der Waals surface area (Å²) in [5.41, 5.74) is 0.778. The van der Waals surface area contributed by atoms with Crippen molar-refractivity contribution in [3.63, 3.8) is 0 Å². The summed E-state index contributed by atoms with van der Waals surface area (Å²) in [5.74, 6) is 0.142. The number of likely N-dealkylation sites (tertiary alicyclic amines) is 1. The number of β-amino-alcohol motifs (C(OH)–C–C–N with tert-alkyl or cyclic N) is 1. The number of hydrogen-bond acceptors (Lipinski definition) is 3. The molecular formula is C16H23ClN2O2. The number of aliphatic hydroxyl groups excluding tert-OH is 1.